The van der Waals surface area contributed by atoms with Gasteiger partial charge in [0.15, 0.2) is 0 Å². The Morgan fingerprint density at radius 2 is 2.45 bits per heavy atom. The molecule has 0 amide bonds. The second-order valence-corrected chi connectivity index (χ2v) is 2.53. The first-order valence-corrected chi connectivity index (χ1v) is 3.55. The average molecular weight is 154 g/mol. The minimum atomic E-state index is -0.537. The lowest BCUT2D eigenvalue weighted by molar-refractivity contribution is 0.135. The Hall–Kier alpha value is -0.850. The zero-order valence-corrected chi connectivity index (χ0v) is 6.82. The van der Waals surface area contributed by atoms with E-state index in [9.17, 15) is 0 Å². The molecule has 1 unspecified atom stereocenters. The Bertz CT molecular complexity index is 151. The van der Waals surface area contributed by atoms with Crippen molar-refractivity contribution in [1.82, 2.24) is 4.90 Å². The van der Waals surface area contributed by atoms with Gasteiger partial charge in [0.2, 0.25) is 0 Å². The van der Waals surface area contributed by atoms with Gasteiger partial charge in [-0.1, -0.05) is 6.08 Å². The highest BCUT2D eigenvalue weighted by atomic mass is 16.3. The lowest BCUT2D eigenvalue weighted by atomic mass is 10.2. The number of likely N-dealkylation sites (N-methyl/N-ethyl adjacent to an activating group) is 1. The quantitative estimate of drug-likeness (QED) is 0.582. The maximum Gasteiger partial charge on any atom is 0.0796 e. The smallest absolute Gasteiger partial charge is 0.0796 e. The summed E-state index contributed by atoms with van der Waals surface area (Å²) in [5.41, 5.74) is 0. The van der Waals surface area contributed by atoms with E-state index < -0.39 is 6.10 Å². The standard InChI is InChI=1S/C8H14N2O/c1-3-6-10(2)7-8(11)4-5-9/h3,8,11H,1,4,6-7H2,2H3. The second-order valence-electron chi connectivity index (χ2n) is 2.53. The number of rotatable bonds is 5. The van der Waals surface area contributed by atoms with Crippen molar-refractivity contribution in [2.45, 2.75) is 12.5 Å². The monoisotopic (exact) mass is 154 g/mol. The first-order valence-electron chi connectivity index (χ1n) is 3.55. The van der Waals surface area contributed by atoms with Crippen LogP contribution in [0.4, 0.5) is 0 Å². The summed E-state index contributed by atoms with van der Waals surface area (Å²) in [6.45, 7) is 4.83. The first-order chi connectivity index (χ1) is 5.20. The van der Waals surface area contributed by atoms with E-state index in [0.29, 0.717) is 6.54 Å². The van der Waals surface area contributed by atoms with Crippen LogP contribution >= 0.6 is 0 Å². The van der Waals surface area contributed by atoms with Gasteiger partial charge in [0.05, 0.1) is 18.6 Å². The van der Waals surface area contributed by atoms with Gasteiger partial charge < -0.3 is 10.0 Å². The van der Waals surface area contributed by atoms with E-state index in [1.165, 1.54) is 0 Å². The Labute approximate surface area is 67.6 Å². The fourth-order valence-corrected chi connectivity index (χ4v) is 0.825. The van der Waals surface area contributed by atoms with Crippen LogP contribution in [0.2, 0.25) is 0 Å². The highest BCUT2D eigenvalue weighted by Crippen LogP contribution is 1.92. The van der Waals surface area contributed by atoms with Gasteiger partial charge >= 0.3 is 0 Å². The number of nitrogens with zero attached hydrogens (tertiary/aromatic N) is 2. The first kappa shape index (κ1) is 10.2. The third kappa shape index (κ3) is 5.59. The summed E-state index contributed by atoms with van der Waals surface area (Å²) in [4.78, 5) is 1.91. The lowest BCUT2D eigenvalue weighted by Crippen LogP contribution is -2.28. The van der Waals surface area contributed by atoms with Crippen LogP contribution in [-0.2, 0) is 0 Å². The number of hydrogen-bond donors (Lipinski definition) is 1. The highest BCUT2D eigenvalue weighted by Gasteiger charge is 2.05. The van der Waals surface area contributed by atoms with Crippen molar-refractivity contribution < 1.29 is 5.11 Å². The van der Waals surface area contributed by atoms with Gasteiger partial charge in [0.25, 0.3) is 0 Å². The molecule has 0 aromatic rings. The molecule has 0 bridgehead atoms. The van der Waals surface area contributed by atoms with E-state index in [1.807, 2.05) is 18.0 Å². The summed E-state index contributed by atoms with van der Waals surface area (Å²) in [7, 11) is 1.88. The fraction of sp³-hybridized carbons (Fsp3) is 0.625. The van der Waals surface area contributed by atoms with Crippen LogP contribution < -0.4 is 0 Å². The summed E-state index contributed by atoms with van der Waals surface area (Å²) in [6, 6.07) is 1.91. The molecule has 0 aromatic heterocycles. The van der Waals surface area contributed by atoms with Gasteiger partial charge in [0, 0.05) is 13.1 Å². The van der Waals surface area contributed by atoms with Crippen LogP contribution in [0.25, 0.3) is 0 Å². The molecular weight excluding hydrogens is 140 g/mol. The normalized spacial score (nSPS) is 12.5. The molecule has 0 rings (SSSR count). The van der Waals surface area contributed by atoms with Gasteiger partial charge in [-0.3, -0.25) is 0 Å². The van der Waals surface area contributed by atoms with Crippen molar-refractivity contribution in [2.24, 2.45) is 0 Å². The maximum atomic E-state index is 9.15. The summed E-state index contributed by atoms with van der Waals surface area (Å²) in [5.74, 6) is 0. The molecule has 1 atom stereocenters. The third-order valence-electron chi connectivity index (χ3n) is 1.29. The van der Waals surface area contributed by atoms with Crippen molar-refractivity contribution in [2.75, 3.05) is 20.1 Å². The molecule has 0 saturated heterocycles. The molecule has 3 heteroatoms. The van der Waals surface area contributed by atoms with Gasteiger partial charge in [-0.05, 0) is 7.05 Å². The summed E-state index contributed by atoms with van der Waals surface area (Å²) in [5, 5.41) is 17.4. The Morgan fingerprint density at radius 1 is 1.82 bits per heavy atom. The predicted molar refractivity (Wildman–Crippen MR) is 43.9 cm³/mol. The predicted octanol–water partition coefficient (Wildman–Crippen LogP) is 0.379. The minimum absolute atomic E-state index is 0.196. The molecule has 0 aliphatic carbocycles. The zero-order chi connectivity index (χ0) is 8.69. The number of aliphatic hydroxyl groups is 1. The van der Waals surface area contributed by atoms with E-state index in [1.54, 1.807) is 6.08 Å². The summed E-state index contributed by atoms with van der Waals surface area (Å²) >= 11 is 0. The average Bonchev–Trinajstić information content (AvgIpc) is 1.87. The van der Waals surface area contributed by atoms with E-state index in [2.05, 4.69) is 6.58 Å². The van der Waals surface area contributed by atoms with Crippen LogP contribution in [0, 0.1) is 11.3 Å². The molecule has 0 aliphatic heterocycles. The summed E-state index contributed by atoms with van der Waals surface area (Å²) < 4.78 is 0. The molecule has 0 fully saturated rings. The molecule has 1 N–H and O–H groups in total. The highest BCUT2D eigenvalue weighted by molar-refractivity contribution is 4.79. The van der Waals surface area contributed by atoms with Crippen molar-refractivity contribution in [3.63, 3.8) is 0 Å². The van der Waals surface area contributed by atoms with Crippen molar-refractivity contribution in [3.05, 3.63) is 12.7 Å². The molecule has 11 heavy (non-hydrogen) atoms. The number of nitriles is 1. The van der Waals surface area contributed by atoms with E-state index >= 15 is 0 Å². The number of aliphatic hydroxyl groups excluding tert-OH is 1. The van der Waals surface area contributed by atoms with E-state index in [-0.39, 0.29) is 6.42 Å². The summed E-state index contributed by atoms with van der Waals surface area (Å²) in [6.07, 6.45) is 1.42. The van der Waals surface area contributed by atoms with Gasteiger partial charge in [-0.15, -0.1) is 6.58 Å². The van der Waals surface area contributed by atoms with Gasteiger partial charge in [-0.25, -0.2) is 0 Å². The second kappa shape index (κ2) is 5.90. The van der Waals surface area contributed by atoms with Crippen molar-refractivity contribution in [3.8, 4) is 6.07 Å². The van der Waals surface area contributed by atoms with Crippen LogP contribution in [-0.4, -0.2) is 36.2 Å². The molecule has 0 saturated carbocycles. The Balaban J connectivity index is 3.49. The van der Waals surface area contributed by atoms with Crippen LogP contribution in [0.1, 0.15) is 6.42 Å². The molecule has 0 aromatic carbocycles. The molecule has 0 radical (unpaired) electrons. The molecular formula is C8H14N2O. The van der Waals surface area contributed by atoms with Crippen LogP contribution in [0.5, 0.6) is 0 Å². The molecule has 0 heterocycles. The van der Waals surface area contributed by atoms with Crippen molar-refractivity contribution >= 4 is 0 Å². The minimum Gasteiger partial charge on any atom is -0.391 e. The lowest BCUT2D eigenvalue weighted by Gasteiger charge is -2.16. The van der Waals surface area contributed by atoms with Gasteiger partial charge in [-0.2, -0.15) is 5.26 Å². The van der Waals surface area contributed by atoms with Crippen molar-refractivity contribution in [1.29, 1.82) is 5.26 Å². The van der Waals surface area contributed by atoms with Gasteiger partial charge in [0.1, 0.15) is 0 Å². The maximum absolute atomic E-state index is 9.15. The van der Waals surface area contributed by atoms with Crippen LogP contribution in [0.15, 0.2) is 12.7 Å². The SMILES string of the molecule is C=CCN(C)CC(O)CC#N. The topological polar surface area (TPSA) is 47.3 Å². The Kier molecular flexibility index (Phi) is 5.44. The number of hydrogen-bond acceptors (Lipinski definition) is 3. The molecule has 62 valence electrons. The molecule has 0 spiro atoms. The van der Waals surface area contributed by atoms with Crippen LogP contribution in [0.3, 0.4) is 0 Å². The zero-order valence-electron chi connectivity index (χ0n) is 6.82. The molecule has 3 nitrogen and oxygen atoms in total. The van der Waals surface area contributed by atoms with E-state index in [4.69, 9.17) is 10.4 Å². The Morgan fingerprint density at radius 3 is 2.91 bits per heavy atom. The largest absolute Gasteiger partial charge is 0.391 e. The molecule has 0 aliphatic rings. The third-order valence-corrected chi connectivity index (χ3v) is 1.29. The van der Waals surface area contributed by atoms with E-state index in [0.717, 1.165) is 6.54 Å². The fourth-order valence-electron chi connectivity index (χ4n) is 0.825.